The second-order valence-corrected chi connectivity index (χ2v) is 7.45. The number of nitrogens with zero attached hydrogens (tertiary/aromatic N) is 1. The van der Waals surface area contributed by atoms with Crippen LogP contribution < -0.4 is 10.6 Å². The molecular formula is C17H21BrN4O. The Labute approximate surface area is 144 Å². The molecular weight excluding hydrogens is 356 g/mol. The summed E-state index contributed by atoms with van der Waals surface area (Å²) in [6.07, 6.45) is 0.888. The monoisotopic (exact) mass is 376 g/mol. The summed E-state index contributed by atoms with van der Waals surface area (Å²) in [4.78, 5) is 12.5. The van der Waals surface area contributed by atoms with Gasteiger partial charge in [-0.15, -0.1) is 0 Å². The van der Waals surface area contributed by atoms with Crippen molar-refractivity contribution in [2.45, 2.75) is 32.2 Å². The van der Waals surface area contributed by atoms with Crippen LogP contribution in [-0.4, -0.2) is 29.2 Å². The van der Waals surface area contributed by atoms with Gasteiger partial charge in [0.05, 0.1) is 0 Å². The predicted octanol–water partition coefficient (Wildman–Crippen LogP) is 2.53. The molecule has 6 heteroatoms. The van der Waals surface area contributed by atoms with Crippen molar-refractivity contribution in [3.63, 3.8) is 0 Å². The van der Waals surface area contributed by atoms with Crippen LogP contribution in [0, 0.1) is 0 Å². The fourth-order valence-corrected chi connectivity index (χ4v) is 3.21. The van der Waals surface area contributed by atoms with Crippen molar-refractivity contribution in [1.29, 1.82) is 0 Å². The minimum absolute atomic E-state index is 0.116. The number of H-pyrrole nitrogens is 1. The van der Waals surface area contributed by atoms with E-state index >= 15 is 0 Å². The van der Waals surface area contributed by atoms with Crippen LogP contribution in [0.2, 0.25) is 0 Å². The predicted molar refractivity (Wildman–Crippen MR) is 93.5 cm³/mol. The Balaban J connectivity index is 1.70. The molecule has 0 saturated heterocycles. The number of halogens is 1. The molecule has 3 N–H and O–H groups in total. The minimum atomic E-state index is -0.159. The highest BCUT2D eigenvalue weighted by Crippen LogP contribution is 2.25. The van der Waals surface area contributed by atoms with E-state index in [0.717, 1.165) is 28.7 Å². The molecule has 1 aliphatic heterocycles. The number of aromatic nitrogens is 2. The maximum Gasteiger partial charge on any atom is 0.272 e. The van der Waals surface area contributed by atoms with Crippen molar-refractivity contribution in [1.82, 2.24) is 20.8 Å². The van der Waals surface area contributed by atoms with Gasteiger partial charge in [0.25, 0.3) is 5.91 Å². The van der Waals surface area contributed by atoms with Crippen molar-refractivity contribution in [3.8, 4) is 0 Å². The summed E-state index contributed by atoms with van der Waals surface area (Å²) < 4.78 is 1.04. The van der Waals surface area contributed by atoms with Crippen molar-refractivity contribution in [2.24, 2.45) is 0 Å². The van der Waals surface area contributed by atoms with E-state index < -0.39 is 0 Å². The summed E-state index contributed by atoms with van der Waals surface area (Å²) in [5.74, 6) is -0.116. The highest BCUT2D eigenvalue weighted by atomic mass is 79.9. The number of amides is 1. The first-order valence-corrected chi connectivity index (χ1v) is 8.58. The fourth-order valence-electron chi connectivity index (χ4n) is 2.81. The molecule has 0 fully saturated rings. The Morgan fingerprint density at radius 2 is 2.26 bits per heavy atom. The Morgan fingerprint density at radius 3 is 3.04 bits per heavy atom. The van der Waals surface area contributed by atoms with Gasteiger partial charge in [-0.3, -0.25) is 9.89 Å². The largest absolute Gasteiger partial charge is 0.350 e. The van der Waals surface area contributed by atoms with Crippen LogP contribution in [0.25, 0.3) is 0 Å². The van der Waals surface area contributed by atoms with Gasteiger partial charge < -0.3 is 10.6 Å². The topological polar surface area (TPSA) is 69.8 Å². The molecule has 1 aromatic heterocycles. The first-order chi connectivity index (χ1) is 11.0. The van der Waals surface area contributed by atoms with Crippen LogP contribution in [0.15, 0.2) is 28.7 Å². The molecule has 0 unspecified atom stereocenters. The van der Waals surface area contributed by atoms with Crippen LogP contribution >= 0.6 is 15.9 Å². The lowest BCUT2D eigenvalue weighted by atomic mass is 9.84. The second-order valence-electron chi connectivity index (χ2n) is 6.53. The van der Waals surface area contributed by atoms with Gasteiger partial charge in [-0.2, -0.15) is 5.10 Å². The van der Waals surface area contributed by atoms with E-state index in [1.54, 1.807) is 0 Å². The fraction of sp³-hybridized carbons (Fsp3) is 0.412. The smallest absolute Gasteiger partial charge is 0.272 e. The van der Waals surface area contributed by atoms with E-state index in [9.17, 15) is 4.79 Å². The summed E-state index contributed by atoms with van der Waals surface area (Å²) >= 11 is 3.50. The number of hydrogen-bond acceptors (Lipinski definition) is 3. The number of rotatable bonds is 4. The van der Waals surface area contributed by atoms with Gasteiger partial charge in [0, 0.05) is 47.2 Å². The minimum Gasteiger partial charge on any atom is -0.350 e. The second kappa shape index (κ2) is 6.45. The van der Waals surface area contributed by atoms with Crippen LogP contribution in [0.1, 0.15) is 41.2 Å². The first-order valence-electron chi connectivity index (χ1n) is 7.78. The van der Waals surface area contributed by atoms with Gasteiger partial charge in [-0.05, 0) is 17.7 Å². The maximum absolute atomic E-state index is 12.5. The van der Waals surface area contributed by atoms with Gasteiger partial charge in [0.1, 0.15) is 0 Å². The molecule has 122 valence electrons. The summed E-state index contributed by atoms with van der Waals surface area (Å²) in [6.45, 7) is 6.42. The van der Waals surface area contributed by atoms with E-state index in [1.807, 2.05) is 12.1 Å². The van der Waals surface area contributed by atoms with E-state index in [0.29, 0.717) is 18.8 Å². The number of hydrogen-bond donors (Lipinski definition) is 3. The Bertz CT molecular complexity index is 723. The standard InChI is InChI=1S/C17H21BrN4O/c1-17(2,11-4-3-5-12(18)8-11)10-20-16(23)15-13-9-19-7-6-14(13)21-22-15/h3-5,8,19H,6-7,9-10H2,1-2H3,(H,20,23)(H,21,22). The average Bonchev–Trinajstić information content (AvgIpc) is 2.97. The zero-order valence-electron chi connectivity index (χ0n) is 13.4. The lowest BCUT2D eigenvalue weighted by Gasteiger charge is -2.26. The van der Waals surface area contributed by atoms with Gasteiger partial charge in [-0.1, -0.05) is 41.9 Å². The third-order valence-corrected chi connectivity index (χ3v) is 4.81. The summed E-state index contributed by atoms with van der Waals surface area (Å²) in [5.41, 5.74) is 3.60. The quantitative estimate of drug-likeness (QED) is 0.767. The Kier molecular flexibility index (Phi) is 4.55. The molecule has 0 atom stereocenters. The zero-order valence-corrected chi connectivity index (χ0v) is 15.0. The van der Waals surface area contributed by atoms with Crippen molar-refractivity contribution in [2.75, 3.05) is 13.1 Å². The number of aromatic amines is 1. The number of carbonyl (C=O) groups is 1. The van der Waals surface area contributed by atoms with Gasteiger partial charge in [0.15, 0.2) is 5.69 Å². The Morgan fingerprint density at radius 1 is 1.43 bits per heavy atom. The zero-order chi connectivity index (χ0) is 16.4. The molecule has 0 spiro atoms. The van der Waals surface area contributed by atoms with Gasteiger partial charge >= 0.3 is 0 Å². The molecule has 23 heavy (non-hydrogen) atoms. The molecule has 0 saturated carbocycles. The number of fused-ring (bicyclic) bond motifs is 1. The molecule has 1 aromatic carbocycles. The highest BCUT2D eigenvalue weighted by molar-refractivity contribution is 9.10. The third-order valence-electron chi connectivity index (χ3n) is 4.32. The SMILES string of the molecule is CC(C)(CNC(=O)c1n[nH]c2c1CNCC2)c1cccc(Br)c1. The molecule has 2 heterocycles. The van der Waals surface area contributed by atoms with E-state index in [1.165, 1.54) is 5.56 Å². The molecule has 0 aliphatic carbocycles. The number of carbonyl (C=O) groups excluding carboxylic acids is 1. The van der Waals surface area contributed by atoms with Gasteiger partial charge in [-0.25, -0.2) is 0 Å². The molecule has 0 bridgehead atoms. The van der Waals surface area contributed by atoms with E-state index in [-0.39, 0.29) is 11.3 Å². The van der Waals surface area contributed by atoms with Crippen LogP contribution in [-0.2, 0) is 18.4 Å². The normalized spacial score (nSPS) is 14.4. The molecule has 2 aromatic rings. The lowest BCUT2D eigenvalue weighted by molar-refractivity contribution is 0.0939. The Hall–Kier alpha value is -1.66. The molecule has 3 rings (SSSR count). The van der Waals surface area contributed by atoms with Crippen LogP contribution in [0.3, 0.4) is 0 Å². The number of benzene rings is 1. The molecule has 1 amide bonds. The number of nitrogens with one attached hydrogen (secondary N) is 3. The average molecular weight is 377 g/mol. The highest BCUT2D eigenvalue weighted by Gasteiger charge is 2.25. The van der Waals surface area contributed by atoms with Crippen LogP contribution in [0.4, 0.5) is 0 Å². The van der Waals surface area contributed by atoms with Crippen molar-refractivity contribution in [3.05, 3.63) is 51.3 Å². The summed E-state index contributed by atoms with van der Waals surface area (Å²) in [5, 5.41) is 13.5. The lowest BCUT2D eigenvalue weighted by Crippen LogP contribution is -2.37. The molecule has 5 nitrogen and oxygen atoms in total. The van der Waals surface area contributed by atoms with Gasteiger partial charge in [0.2, 0.25) is 0 Å². The molecule has 1 aliphatic rings. The molecule has 0 radical (unpaired) electrons. The first kappa shape index (κ1) is 16.2. The summed E-state index contributed by atoms with van der Waals surface area (Å²) in [7, 11) is 0. The van der Waals surface area contributed by atoms with E-state index in [4.69, 9.17) is 0 Å². The van der Waals surface area contributed by atoms with Crippen molar-refractivity contribution >= 4 is 21.8 Å². The maximum atomic E-state index is 12.5. The summed E-state index contributed by atoms with van der Waals surface area (Å²) in [6, 6.07) is 8.18. The van der Waals surface area contributed by atoms with Crippen LogP contribution in [0.5, 0.6) is 0 Å². The van der Waals surface area contributed by atoms with E-state index in [2.05, 4.69) is 62.7 Å². The van der Waals surface area contributed by atoms with Crippen molar-refractivity contribution < 1.29 is 4.79 Å². The third kappa shape index (κ3) is 3.48.